The molecule has 1 aliphatic carbocycles. The number of carbonyl (C=O) groups is 1. The molecule has 1 N–H and O–H groups in total. The highest BCUT2D eigenvalue weighted by molar-refractivity contribution is 5.79. The molecule has 1 fully saturated rings. The second-order valence-corrected chi connectivity index (χ2v) is 5.36. The standard InChI is InChI=1S/C16H23NO/c1-3-15(13-10-8-12(2)9-11-13)17-16(18)14-6-4-5-7-14/h8-11,14-15H,3-7H2,1-2H3,(H,17,18)/t15-/m0/s1. The fraction of sp³-hybridized carbons (Fsp3) is 0.562. The Bertz CT molecular complexity index is 390. The van der Waals surface area contributed by atoms with Crippen LogP contribution in [0.1, 0.15) is 56.2 Å². The van der Waals surface area contributed by atoms with Gasteiger partial charge in [-0.2, -0.15) is 0 Å². The topological polar surface area (TPSA) is 29.1 Å². The Morgan fingerprint density at radius 1 is 1.28 bits per heavy atom. The van der Waals surface area contributed by atoms with Gasteiger partial charge >= 0.3 is 0 Å². The first-order valence-corrected chi connectivity index (χ1v) is 7.07. The van der Waals surface area contributed by atoms with E-state index in [9.17, 15) is 4.79 Å². The average Bonchev–Trinajstić information content (AvgIpc) is 2.91. The van der Waals surface area contributed by atoms with Crippen LogP contribution in [0.25, 0.3) is 0 Å². The van der Waals surface area contributed by atoms with E-state index < -0.39 is 0 Å². The summed E-state index contributed by atoms with van der Waals surface area (Å²) < 4.78 is 0. The molecule has 0 spiro atoms. The maximum Gasteiger partial charge on any atom is 0.223 e. The van der Waals surface area contributed by atoms with Gasteiger partial charge < -0.3 is 5.32 Å². The Morgan fingerprint density at radius 3 is 2.44 bits per heavy atom. The van der Waals surface area contributed by atoms with Gasteiger partial charge in [-0.3, -0.25) is 4.79 Å². The third-order valence-electron chi connectivity index (χ3n) is 3.93. The number of hydrogen-bond acceptors (Lipinski definition) is 1. The molecular weight excluding hydrogens is 222 g/mol. The van der Waals surface area contributed by atoms with Gasteiger partial charge in [0.05, 0.1) is 6.04 Å². The normalized spacial score (nSPS) is 17.7. The minimum absolute atomic E-state index is 0.165. The highest BCUT2D eigenvalue weighted by atomic mass is 16.1. The van der Waals surface area contributed by atoms with Gasteiger partial charge in [-0.1, -0.05) is 49.6 Å². The van der Waals surface area contributed by atoms with Crippen LogP contribution < -0.4 is 5.32 Å². The molecular formula is C16H23NO. The molecule has 18 heavy (non-hydrogen) atoms. The maximum atomic E-state index is 12.1. The molecule has 1 saturated carbocycles. The van der Waals surface area contributed by atoms with Crippen LogP contribution >= 0.6 is 0 Å². The van der Waals surface area contributed by atoms with Crippen LogP contribution in [-0.4, -0.2) is 5.91 Å². The molecule has 98 valence electrons. The molecule has 2 rings (SSSR count). The number of carbonyl (C=O) groups excluding carboxylic acids is 1. The molecule has 2 heteroatoms. The van der Waals surface area contributed by atoms with Crippen molar-refractivity contribution in [2.24, 2.45) is 5.92 Å². The number of benzene rings is 1. The van der Waals surface area contributed by atoms with Crippen LogP contribution in [0.5, 0.6) is 0 Å². The van der Waals surface area contributed by atoms with Gasteiger partial charge in [0, 0.05) is 5.92 Å². The first-order valence-electron chi connectivity index (χ1n) is 7.07. The maximum absolute atomic E-state index is 12.1. The summed E-state index contributed by atoms with van der Waals surface area (Å²) in [6.45, 7) is 4.21. The van der Waals surface area contributed by atoms with Gasteiger partial charge in [0.15, 0.2) is 0 Å². The van der Waals surface area contributed by atoms with Crippen LogP contribution in [0.4, 0.5) is 0 Å². The van der Waals surface area contributed by atoms with E-state index in [1.165, 1.54) is 24.0 Å². The molecule has 2 nitrogen and oxygen atoms in total. The Morgan fingerprint density at radius 2 is 1.89 bits per heavy atom. The molecule has 1 aromatic rings. The summed E-state index contributed by atoms with van der Waals surface area (Å²) >= 11 is 0. The highest BCUT2D eigenvalue weighted by Gasteiger charge is 2.24. The van der Waals surface area contributed by atoms with Crippen molar-refractivity contribution in [1.29, 1.82) is 0 Å². The molecule has 0 unspecified atom stereocenters. The Kier molecular flexibility index (Phi) is 4.40. The molecule has 0 aliphatic heterocycles. The zero-order valence-corrected chi connectivity index (χ0v) is 11.4. The molecule has 0 heterocycles. The lowest BCUT2D eigenvalue weighted by Gasteiger charge is -2.20. The zero-order valence-electron chi connectivity index (χ0n) is 11.4. The van der Waals surface area contributed by atoms with Crippen LogP contribution in [-0.2, 0) is 4.79 Å². The first-order chi connectivity index (χ1) is 8.70. The number of nitrogens with one attached hydrogen (secondary N) is 1. The number of aryl methyl sites for hydroxylation is 1. The van der Waals surface area contributed by atoms with Gasteiger partial charge in [0.1, 0.15) is 0 Å². The van der Waals surface area contributed by atoms with Crippen molar-refractivity contribution in [1.82, 2.24) is 5.32 Å². The third-order valence-corrected chi connectivity index (χ3v) is 3.93. The quantitative estimate of drug-likeness (QED) is 0.860. The van der Waals surface area contributed by atoms with E-state index in [0.717, 1.165) is 19.3 Å². The fourth-order valence-electron chi connectivity index (χ4n) is 2.70. The molecule has 1 atom stereocenters. The van der Waals surface area contributed by atoms with E-state index in [4.69, 9.17) is 0 Å². The molecule has 0 bridgehead atoms. The average molecular weight is 245 g/mol. The van der Waals surface area contributed by atoms with Gasteiger partial charge in [0.25, 0.3) is 0 Å². The summed E-state index contributed by atoms with van der Waals surface area (Å²) in [5.74, 6) is 0.504. The largest absolute Gasteiger partial charge is 0.349 e. The first kappa shape index (κ1) is 13.1. The minimum atomic E-state index is 0.165. The molecule has 1 amide bonds. The number of rotatable bonds is 4. The molecule has 0 aromatic heterocycles. The van der Waals surface area contributed by atoms with E-state index in [2.05, 4.69) is 43.4 Å². The highest BCUT2D eigenvalue weighted by Crippen LogP contribution is 2.26. The summed E-state index contributed by atoms with van der Waals surface area (Å²) in [5.41, 5.74) is 2.48. The van der Waals surface area contributed by atoms with Gasteiger partial charge in [-0.15, -0.1) is 0 Å². The zero-order chi connectivity index (χ0) is 13.0. The Balaban J connectivity index is 2.00. The Labute approximate surface area is 110 Å². The monoisotopic (exact) mass is 245 g/mol. The second-order valence-electron chi connectivity index (χ2n) is 5.36. The van der Waals surface area contributed by atoms with Crippen molar-refractivity contribution in [2.45, 2.75) is 52.0 Å². The minimum Gasteiger partial charge on any atom is -0.349 e. The molecule has 0 saturated heterocycles. The molecule has 1 aliphatic rings. The SMILES string of the molecule is CC[C@H](NC(=O)C1CCCC1)c1ccc(C)cc1. The Hall–Kier alpha value is -1.31. The van der Waals surface area contributed by atoms with E-state index in [1.54, 1.807) is 0 Å². The predicted octanol–water partition coefficient (Wildman–Crippen LogP) is 3.75. The van der Waals surface area contributed by atoms with Gasteiger partial charge in [0.2, 0.25) is 5.91 Å². The number of hydrogen-bond donors (Lipinski definition) is 1. The summed E-state index contributed by atoms with van der Waals surface area (Å²) in [7, 11) is 0. The summed E-state index contributed by atoms with van der Waals surface area (Å²) in [4.78, 5) is 12.1. The lowest BCUT2D eigenvalue weighted by Crippen LogP contribution is -2.32. The van der Waals surface area contributed by atoms with Crippen LogP contribution in [0.3, 0.4) is 0 Å². The fourth-order valence-corrected chi connectivity index (χ4v) is 2.70. The van der Waals surface area contributed by atoms with E-state index in [1.807, 2.05) is 0 Å². The van der Waals surface area contributed by atoms with Gasteiger partial charge in [-0.25, -0.2) is 0 Å². The van der Waals surface area contributed by atoms with Crippen molar-refractivity contribution in [3.63, 3.8) is 0 Å². The molecule has 0 radical (unpaired) electrons. The van der Waals surface area contributed by atoms with Crippen molar-refractivity contribution >= 4 is 5.91 Å². The van der Waals surface area contributed by atoms with Crippen LogP contribution in [0, 0.1) is 12.8 Å². The van der Waals surface area contributed by atoms with Crippen molar-refractivity contribution in [3.05, 3.63) is 35.4 Å². The smallest absolute Gasteiger partial charge is 0.223 e. The third kappa shape index (κ3) is 3.12. The van der Waals surface area contributed by atoms with E-state index >= 15 is 0 Å². The molecule has 1 aromatic carbocycles. The summed E-state index contributed by atoms with van der Waals surface area (Å²) in [6, 6.07) is 8.63. The van der Waals surface area contributed by atoms with Gasteiger partial charge in [-0.05, 0) is 31.7 Å². The lowest BCUT2D eigenvalue weighted by molar-refractivity contribution is -0.125. The summed E-state index contributed by atoms with van der Waals surface area (Å²) in [6.07, 6.45) is 5.49. The number of amides is 1. The van der Waals surface area contributed by atoms with Crippen molar-refractivity contribution in [3.8, 4) is 0 Å². The second kappa shape index (κ2) is 6.03. The lowest BCUT2D eigenvalue weighted by atomic mass is 10.0. The van der Waals surface area contributed by atoms with E-state index in [0.29, 0.717) is 0 Å². The van der Waals surface area contributed by atoms with E-state index in [-0.39, 0.29) is 17.9 Å². The van der Waals surface area contributed by atoms with Crippen LogP contribution in [0.2, 0.25) is 0 Å². The van der Waals surface area contributed by atoms with Crippen molar-refractivity contribution < 1.29 is 4.79 Å². The van der Waals surface area contributed by atoms with Crippen LogP contribution in [0.15, 0.2) is 24.3 Å². The van der Waals surface area contributed by atoms with Crippen molar-refractivity contribution in [2.75, 3.05) is 0 Å². The predicted molar refractivity (Wildman–Crippen MR) is 74.3 cm³/mol. The summed E-state index contributed by atoms with van der Waals surface area (Å²) in [5, 5.41) is 3.21.